The molecular weight excluding hydrogens is 394 g/mol. The fourth-order valence-corrected chi connectivity index (χ4v) is 5.35. The highest BCUT2D eigenvalue weighted by Gasteiger charge is 2.35. The Bertz CT molecular complexity index is 857. The van der Waals surface area contributed by atoms with E-state index in [0.29, 0.717) is 29.2 Å². The standard InChI is InChI=1S/C25H32ClN3O/c1-19-11-12-23(22(26)15-19)27-25(30)18-29-14-6-10-24(29)21-9-5-13-28(17-21)16-20-7-3-2-4-8-20/h2-4,7-8,11-12,15,21,24H,5-6,9-10,13-14,16-18H2,1H3,(H,27,30)/t21-,24+/m1/s1. The molecule has 0 spiro atoms. The SMILES string of the molecule is Cc1ccc(NC(=O)CN2CCC[C@H]2[C@@H]2CCCN(Cc3ccccc3)C2)c(Cl)c1. The van der Waals surface area contributed by atoms with Crippen LogP contribution in [0.3, 0.4) is 0 Å². The summed E-state index contributed by atoms with van der Waals surface area (Å²) in [6.07, 6.45) is 4.88. The first-order valence-electron chi connectivity index (χ1n) is 11.1. The Morgan fingerprint density at radius 1 is 1.10 bits per heavy atom. The molecule has 4 nitrogen and oxygen atoms in total. The highest BCUT2D eigenvalue weighted by atomic mass is 35.5. The summed E-state index contributed by atoms with van der Waals surface area (Å²) in [6.45, 7) is 6.78. The highest BCUT2D eigenvalue weighted by molar-refractivity contribution is 6.33. The second-order valence-electron chi connectivity index (χ2n) is 8.83. The Morgan fingerprint density at radius 3 is 2.70 bits per heavy atom. The van der Waals surface area contributed by atoms with E-state index in [1.165, 1.54) is 37.8 Å². The first-order chi connectivity index (χ1) is 14.6. The predicted octanol–water partition coefficient (Wildman–Crippen LogP) is 4.96. The summed E-state index contributed by atoms with van der Waals surface area (Å²) in [5.74, 6) is 0.672. The molecule has 0 radical (unpaired) electrons. The van der Waals surface area contributed by atoms with Crippen LogP contribution in [0.1, 0.15) is 36.8 Å². The fourth-order valence-electron chi connectivity index (χ4n) is 5.07. The Hall–Kier alpha value is -1.88. The lowest BCUT2D eigenvalue weighted by Gasteiger charge is -2.39. The van der Waals surface area contributed by atoms with E-state index < -0.39 is 0 Å². The minimum atomic E-state index is 0.0320. The number of halogens is 1. The van der Waals surface area contributed by atoms with E-state index in [9.17, 15) is 4.79 Å². The molecule has 0 unspecified atom stereocenters. The monoisotopic (exact) mass is 425 g/mol. The Morgan fingerprint density at radius 2 is 1.90 bits per heavy atom. The van der Waals surface area contributed by atoms with Crippen molar-refractivity contribution in [2.45, 2.75) is 45.2 Å². The van der Waals surface area contributed by atoms with Gasteiger partial charge < -0.3 is 5.32 Å². The van der Waals surface area contributed by atoms with Crippen molar-refractivity contribution in [2.24, 2.45) is 5.92 Å². The van der Waals surface area contributed by atoms with Gasteiger partial charge >= 0.3 is 0 Å². The summed E-state index contributed by atoms with van der Waals surface area (Å²) in [5.41, 5.74) is 3.18. The summed E-state index contributed by atoms with van der Waals surface area (Å²) in [6, 6.07) is 17.0. The van der Waals surface area contributed by atoms with Crippen LogP contribution >= 0.6 is 11.6 Å². The van der Waals surface area contributed by atoms with Crippen LogP contribution in [0.15, 0.2) is 48.5 Å². The van der Waals surface area contributed by atoms with Gasteiger partial charge in [-0.3, -0.25) is 14.6 Å². The summed E-state index contributed by atoms with van der Waals surface area (Å²) >= 11 is 6.29. The molecule has 2 aliphatic heterocycles. The maximum atomic E-state index is 12.7. The van der Waals surface area contributed by atoms with Gasteiger partial charge in [-0.15, -0.1) is 0 Å². The molecule has 1 N–H and O–H groups in total. The largest absolute Gasteiger partial charge is 0.324 e. The van der Waals surface area contributed by atoms with Crippen LogP contribution in [0.2, 0.25) is 5.02 Å². The molecule has 30 heavy (non-hydrogen) atoms. The topological polar surface area (TPSA) is 35.6 Å². The van der Waals surface area contributed by atoms with Crippen LogP contribution < -0.4 is 5.32 Å². The molecule has 160 valence electrons. The van der Waals surface area contributed by atoms with Crippen molar-refractivity contribution >= 4 is 23.2 Å². The van der Waals surface area contributed by atoms with Crippen molar-refractivity contribution in [1.82, 2.24) is 9.80 Å². The Balaban J connectivity index is 1.34. The number of likely N-dealkylation sites (tertiary alicyclic amines) is 2. The lowest BCUT2D eigenvalue weighted by atomic mass is 9.89. The lowest BCUT2D eigenvalue weighted by molar-refractivity contribution is -0.117. The first kappa shape index (κ1) is 21.4. The molecule has 2 fully saturated rings. The third kappa shape index (κ3) is 5.42. The number of carbonyl (C=O) groups is 1. The molecule has 5 heteroatoms. The number of hydrogen-bond acceptors (Lipinski definition) is 3. The van der Waals surface area contributed by atoms with Gasteiger partial charge in [-0.2, -0.15) is 0 Å². The second-order valence-corrected chi connectivity index (χ2v) is 9.24. The van der Waals surface area contributed by atoms with E-state index in [1.54, 1.807) is 0 Å². The van der Waals surface area contributed by atoms with Crippen LogP contribution in [0.25, 0.3) is 0 Å². The maximum absolute atomic E-state index is 12.7. The van der Waals surface area contributed by atoms with Crippen molar-refractivity contribution in [1.29, 1.82) is 0 Å². The fraction of sp³-hybridized carbons (Fsp3) is 0.480. The predicted molar refractivity (Wildman–Crippen MR) is 124 cm³/mol. The average molecular weight is 426 g/mol. The van der Waals surface area contributed by atoms with Crippen LogP contribution in [0.4, 0.5) is 5.69 Å². The number of anilines is 1. The van der Waals surface area contributed by atoms with Gasteiger partial charge in [0.2, 0.25) is 5.91 Å². The van der Waals surface area contributed by atoms with Gasteiger partial charge in [0.15, 0.2) is 0 Å². The van der Waals surface area contributed by atoms with Crippen LogP contribution in [-0.2, 0) is 11.3 Å². The molecule has 0 aliphatic carbocycles. The Kier molecular flexibility index (Phi) is 7.08. The molecule has 0 saturated carbocycles. The molecular formula is C25H32ClN3O. The number of carbonyl (C=O) groups excluding carboxylic acids is 1. The third-order valence-electron chi connectivity index (χ3n) is 6.49. The molecule has 0 bridgehead atoms. The zero-order chi connectivity index (χ0) is 20.9. The van der Waals surface area contributed by atoms with E-state index in [2.05, 4.69) is 45.4 Å². The van der Waals surface area contributed by atoms with Gasteiger partial charge in [0.25, 0.3) is 0 Å². The average Bonchev–Trinajstić information content (AvgIpc) is 3.19. The van der Waals surface area contributed by atoms with Gasteiger partial charge in [-0.1, -0.05) is 48.0 Å². The number of amides is 1. The lowest BCUT2D eigenvalue weighted by Crippen LogP contribution is -2.46. The number of nitrogens with zero attached hydrogens (tertiary/aromatic N) is 2. The zero-order valence-electron chi connectivity index (χ0n) is 17.8. The molecule has 0 aromatic heterocycles. The molecule has 2 aliphatic rings. The minimum Gasteiger partial charge on any atom is -0.324 e. The Labute approximate surface area is 185 Å². The van der Waals surface area contributed by atoms with E-state index >= 15 is 0 Å². The van der Waals surface area contributed by atoms with Gasteiger partial charge in [0.1, 0.15) is 0 Å². The first-order valence-corrected chi connectivity index (χ1v) is 11.5. The number of benzene rings is 2. The van der Waals surface area contributed by atoms with Gasteiger partial charge in [0.05, 0.1) is 17.3 Å². The van der Waals surface area contributed by atoms with Crippen LogP contribution in [0.5, 0.6) is 0 Å². The van der Waals surface area contributed by atoms with Crippen molar-refractivity contribution < 1.29 is 4.79 Å². The van der Waals surface area contributed by atoms with Crippen molar-refractivity contribution in [3.8, 4) is 0 Å². The third-order valence-corrected chi connectivity index (χ3v) is 6.81. The van der Waals surface area contributed by atoms with E-state index in [1.807, 2.05) is 25.1 Å². The van der Waals surface area contributed by atoms with Gasteiger partial charge in [-0.05, 0) is 74.9 Å². The number of aryl methyl sites for hydroxylation is 1. The number of piperidine rings is 1. The molecule has 4 rings (SSSR count). The summed E-state index contributed by atoms with van der Waals surface area (Å²) in [5, 5.41) is 3.61. The van der Waals surface area contributed by atoms with Gasteiger partial charge in [0, 0.05) is 19.1 Å². The zero-order valence-corrected chi connectivity index (χ0v) is 18.6. The molecule has 2 aromatic rings. The summed E-state index contributed by atoms with van der Waals surface area (Å²) in [4.78, 5) is 17.7. The molecule has 2 atom stereocenters. The van der Waals surface area contributed by atoms with Crippen molar-refractivity contribution in [3.63, 3.8) is 0 Å². The number of nitrogens with one attached hydrogen (secondary N) is 1. The van der Waals surface area contributed by atoms with Crippen LogP contribution in [0, 0.1) is 12.8 Å². The molecule has 1 amide bonds. The van der Waals surface area contributed by atoms with E-state index in [4.69, 9.17) is 11.6 Å². The maximum Gasteiger partial charge on any atom is 0.238 e. The summed E-state index contributed by atoms with van der Waals surface area (Å²) < 4.78 is 0. The van der Waals surface area contributed by atoms with E-state index in [-0.39, 0.29) is 5.91 Å². The van der Waals surface area contributed by atoms with Crippen molar-refractivity contribution in [2.75, 3.05) is 31.5 Å². The van der Waals surface area contributed by atoms with E-state index in [0.717, 1.165) is 25.2 Å². The smallest absolute Gasteiger partial charge is 0.238 e. The quantitative estimate of drug-likeness (QED) is 0.710. The summed E-state index contributed by atoms with van der Waals surface area (Å²) in [7, 11) is 0. The van der Waals surface area contributed by atoms with Gasteiger partial charge in [-0.25, -0.2) is 0 Å². The second kappa shape index (κ2) is 9.95. The van der Waals surface area contributed by atoms with Crippen molar-refractivity contribution in [3.05, 3.63) is 64.7 Å². The number of rotatable bonds is 6. The normalized spacial score (nSPS) is 22.9. The molecule has 2 saturated heterocycles. The minimum absolute atomic E-state index is 0.0320. The highest BCUT2D eigenvalue weighted by Crippen LogP contribution is 2.31. The van der Waals surface area contributed by atoms with Crippen LogP contribution in [-0.4, -0.2) is 47.9 Å². The number of hydrogen-bond donors (Lipinski definition) is 1. The molecule has 2 heterocycles. The molecule has 2 aromatic carbocycles.